The van der Waals surface area contributed by atoms with Gasteiger partial charge in [0.1, 0.15) is 23.3 Å². The lowest BCUT2D eigenvalue weighted by Gasteiger charge is -2.22. The Morgan fingerprint density at radius 2 is 1.91 bits per heavy atom. The third kappa shape index (κ3) is 5.49. The molecule has 0 saturated heterocycles. The molecule has 0 radical (unpaired) electrons. The first-order valence-electron chi connectivity index (χ1n) is 15.8. The average molecular weight is 593 g/mol. The van der Waals surface area contributed by atoms with E-state index in [9.17, 15) is 4.79 Å². The number of alkyl halides is 1. The summed E-state index contributed by atoms with van der Waals surface area (Å²) in [5, 5.41) is 8.48. The van der Waals surface area contributed by atoms with Crippen molar-refractivity contribution in [1.29, 1.82) is 0 Å². The van der Waals surface area contributed by atoms with Gasteiger partial charge in [-0.25, -0.2) is 19.3 Å². The van der Waals surface area contributed by atoms with Crippen LogP contribution in [-0.4, -0.2) is 46.5 Å². The molecular formula is C34H37FN8O. The SMILES string of the molecule is CCCC(CCCC(=O)C1CC1)C[C@@H]1c2ccc(-n3c(-c4cccnc4N)nc4ccc(-n5nccn5)nc43)cc2CC1F. The number of hydrogen-bond acceptors (Lipinski definition) is 7. The van der Waals surface area contributed by atoms with Crippen LogP contribution in [-0.2, 0) is 11.2 Å². The van der Waals surface area contributed by atoms with Gasteiger partial charge in [0, 0.05) is 36.6 Å². The molecule has 2 aliphatic rings. The summed E-state index contributed by atoms with van der Waals surface area (Å²) < 4.78 is 17.7. The number of aromatic nitrogens is 7. The monoisotopic (exact) mass is 592 g/mol. The number of Topliss-reactive ketones (excluding diaryl/α,β-unsaturated/α-hetero) is 1. The molecule has 5 aromatic rings. The van der Waals surface area contributed by atoms with Crippen LogP contribution in [0.25, 0.3) is 34.1 Å². The van der Waals surface area contributed by atoms with E-state index in [1.54, 1.807) is 18.6 Å². The van der Waals surface area contributed by atoms with Crippen LogP contribution >= 0.6 is 0 Å². The van der Waals surface area contributed by atoms with Crippen molar-refractivity contribution >= 4 is 22.8 Å². The van der Waals surface area contributed by atoms with Crippen molar-refractivity contribution in [2.75, 3.05) is 5.73 Å². The van der Waals surface area contributed by atoms with E-state index >= 15 is 4.39 Å². The number of halogens is 1. The highest BCUT2D eigenvalue weighted by atomic mass is 19.1. The van der Waals surface area contributed by atoms with E-state index in [-0.39, 0.29) is 5.92 Å². The predicted molar refractivity (Wildman–Crippen MR) is 167 cm³/mol. The molecule has 1 aromatic carbocycles. The lowest BCUT2D eigenvalue weighted by molar-refractivity contribution is -0.120. The Morgan fingerprint density at radius 3 is 2.68 bits per heavy atom. The highest BCUT2D eigenvalue weighted by molar-refractivity contribution is 5.84. The van der Waals surface area contributed by atoms with Gasteiger partial charge in [0.2, 0.25) is 0 Å². The molecule has 9 nitrogen and oxygen atoms in total. The van der Waals surface area contributed by atoms with Gasteiger partial charge < -0.3 is 5.73 Å². The number of ketones is 1. The van der Waals surface area contributed by atoms with E-state index in [0.29, 0.717) is 64.6 Å². The number of anilines is 1. The number of carbonyl (C=O) groups is 1. The van der Waals surface area contributed by atoms with Gasteiger partial charge >= 0.3 is 0 Å². The topological polar surface area (TPSA) is 117 Å². The Bertz CT molecular complexity index is 1790. The number of hydrogen-bond donors (Lipinski definition) is 1. The molecule has 4 aromatic heterocycles. The molecule has 2 unspecified atom stereocenters. The first-order chi connectivity index (χ1) is 21.5. The lowest BCUT2D eigenvalue weighted by atomic mass is 9.84. The highest BCUT2D eigenvalue weighted by Gasteiger charge is 2.35. The van der Waals surface area contributed by atoms with Crippen molar-refractivity contribution in [3.05, 3.63) is 72.2 Å². The number of pyridine rings is 2. The maximum Gasteiger partial charge on any atom is 0.176 e. The summed E-state index contributed by atoms with van der Waals surface area (Å²) in [6.07, 6.45) is 11.9. The van der Waals surface area contributed by atoms with Crippen LogP contribution in [0.15, 0.2) is 61.1 Å². The van der Waals surface area contributed by atoms with Gasteiger partial charge in [-0.1, -0.05) is 32.3 Å². The highest BCUT2D eigenvalue weighted by Crippen LogP contribution is 2.43. The summed E-state index contributed by atoms with van der Waals surface area (Å²) in [7, 11) is 0. The van der Waals surface area contributed by atoms with Gasteiger partial charge in [0.25, 0.3) is 0 Å². The van der Waals surface area contributed by atoms with Crippen molar-refractivity contribution in [1.82, 2.24) is 34.5 Å². The molecule has 0 bridgehead atoms. The van der Waals surface area contributed by atoms with E-state index < -0.39 is 6.17 Å². The third-order valence-electron chi connectivity index (χ3n) is 9.18. The van der Waals surface area contributed by atoms with Crippen LogP contribution in [0.5, 0.6) is 0 Å². The zero-order valence-electron chi connectivity index (χ0n) is 24.9. The quantitative estimate of drug-likeness (QED) is 0.174. The van der Waals surface area contributed by atoms with Gasteiger partial charge in [-0.05, 0) is 79.1 Å². The Labute approximate surface area is 255 Å². The minimum atomic E-state index is -0.934. The minimum absolute atomic E-state index is 0.140. The summed E-state index contributed by atoms with van der Waals surface area (Å²) >= 11 is 0. The van der Waals surface area contributed by atoms with Crippen molar-refractivity contribution in [3.8, 4) is 22.9 Å². The maximum absolute atomic E-state index is 15.8. The standard InChI is InChI=1S/C34H37FN8O/c1-2-5-21(6-3-8-30(44)22-9-10-22)18-27-25-12-11-24(19-23(25)20-28(27)35)42-33(26-7-4-15-37-32(26)36)40-29-13-14-31(41-34(29)42)43-38-16-17-39-43/h4,7,11-17,19,21-22,27-28H,2-3,5-6,8-10,18,20H2,1H3,(H2,36,37)/t21?,27-,28?/m1/s1. The summed E-state index contributed by atoms with van der Waals surface area (Å²) in [6.45, 7) is 2.19. The Balaban J connectivity index is 1.22. The fourth-order valence-corrected chi connectivity index (χ4v) is 6.84. The van der Waals surface area contributed by atoms with Gasteiger partial charge in [-0.2, -0.15) is 10.2 Å². The second-order valence-corrected chi connectivity index (χ2v) is 12.3. The lowest BCUT2D eigenvalue weighted by Crippen LogP contribution is -2.14. The van der Waals surface area contributed by atoms with Gasteiger partial charge in [0.05, 0.1) is 18.0 Å². The van der Waals surface area contributed by atoms with Gasteiger partial charge in [0.15, 0.2) is 17.3 Å². The summed E-state index contributed by atoms with van der Waals surface area (Å²) in [5.41, 5.74) is 11.2. The minimum Gasteiger partial charge on any atom is -0.383 e. The van der Waals surface area contributed by atoms with Crippen LogP contribution in [0, 0.1) is 11.8 Å². The number of rotatable bonds is 12. The van der Waals surface area contributed by atoms with E-state index in [2.05, 4.69) is 34.2 Å². The molecule has 4 heterocycles. The summed E-state index contributed by atoms with van der Waals surface area (Å²) in [5.74, 6) is 2.54. The number of nitrogen functional groups attached to an aromatic ring is 1. The first-order valence-corrected chi connectivity index (χ1v) is 15.8. The fraction of sp³-hybridized carbons (Fsp3) is 0.412. The molecule has 7 rings (SSSR count). The Morgan fingerprint density at radius 1 is 1.07 bits per heavy atom. The molecule has 1 saturated carbocycles. The Hall–Kier alpha value is -4.47. The van der Waals surface area contributed by atoms with E-state index in [4.69, 9.17) is 15.7 Å². The molecule has 2 aliphatic carbocycles. The molecule has 2 N–H and O–H groups in total. The van der Waals surface area contributed by atoms with Crippen LogP contribution in [0.2, 0.25) is 0 Å². The number of fused-ring (bicyclic) bond motifs is 2. The first kappa shape index (κ1) is 28.3. The largest absolute Gasteiger partial charge is 0.383 e. The van der Waals surface area contributed by atoms with Crippen LogP contribution in [0.4, 0.5) is 10.2 Å². The molecule has 44 heavy (non-hydrogen) atoms. The van der Waals surface area contributed by atoms with E-state index in [1.165, 1.54) is 4.80 Å². The van der Waals surface area contributed by atoms with Gasteiger partial charge in [-0.15, -0.1) is 4.80 Å². The molecule has 0 aliphatic heterocycles. The zero-order chi connectivity index (χ0) is 30.2. The molecule has 0 amide bonds. The predicted octanol–water partition coefficient (Wildman–Crippen LogP) is 6.58. The zero-order valence-corrected chi connectivity index (χ0v) is 24.9. The number of imidazole rings is 1. The smallest absolute Gasteiger partial charge is 0.176 e. The van der Waals surface area contributed by atoms with Crippen molar-refractivity contribution in [2.24, 2.45) is 11.8 Å². The average Bonchev–Trinajstić information content (AvgIpc) is 3.46. The second kappa shape index (κ2) is 11.9. The number of carbonyl (C=O) groups excluding carboxylic acids is 1. The van der Waals surface area contributed by atoms with Crippen LogP contribution in [0.3, 0.4) is 0 Å². The van der Waals surface area contributed by atoms with Gasteiger partial charge in [-0.3, -0.25) is 9.36 Å². The summed E-state index contributed by atoms with van der Waals surface area (Å²) in [4.78, 5) is 27.8. The molecule has 0 spiro atoms. The number of nitrogens with two attached hydrogens (primary N) is 1. The molecule has 226 valence electrons. The molecular weight excluding hydrogens is 555 g/mol. The molecule has 10 heteroatoms. The molecule has 3 atom stereocenters. The Kier molecular flexibility index (Phi) is 7.66. The van der Waals surface area contributed by atoms with E-state index in [1.807, 2.05) is 34.9 Å². The molecule has 1 fully saturated rings. The van der Waals surface area contributed by atoms with E-state index in [0.717, 1.165) is 61.8 Å². The number of benzene rings is 1. The third-order valence-corrected chi connectivity index (χ3v) is 9.18. The number of nitrogens with zero attached hydrogens (tertiary/aromatic N) is 7. The maximum atomic E-state index is 15.8. The van der Waals surface area contributed by atoms with Crippen LogP contribution < -0.4 is 5.73 Å². The van der Waals surface area contributed by atoms with Crippen molar-refractivity contribution in [3.63, 3.8) is 0 Å². The fourth-order valence-electron chi connectivity index (χ4n) is 6.84. The van der Waals surface area contributed by atoms with Crippen molar-refractivity contribution in [2.45, 2.75) is 76.8 Å². The van der Waals surface area contributed by atoms with Crippen molar-refractivity contribution < 1.29 is 9.18 Å². The normalized spacial score (nSPS) is 18.5. The summed E-state index contributed by atoms with van der Waals surface area (Å²) in [6, 6.07) is 13.6. The van der Waals surface area contributed by atoms with Crippen LogP contribution in [0.1, 0.15) is 75.3 Å². The second-order valence-electron chi connectivity index (χ2n) is 12.3.